The molecule has 2 nitrogen and oxygen atoms in total. The van der Waals surface area contributed by atoms with Crippen LogP contribution in [-0.4, -0.2) is 5.97 Å². The number of rotatable bonds is 6. The molecule has 0 aliphatic rings. The minimum atomic E-state index is -2.14. The molecule has 140 valence electrons. The number of carbonyl (C=O) groups is 1. The van der Waals surface area contributed by atoms with Crippen molar-refractivity contribution in [2.75, 3.05) is 0 Å². The summed E-state index contributed by atoms with van der Waals surface area (Å²) in [6.45, 7) is 6.13. The van der Waals surface area contributed by atoms with Gasteiger partial charge in [-0.25, -0.2) is 0 Å². The van der Waals surface area contributed by atoms with Crippen molar-refractivity contribution < 1.29 is 8.98 Å². The molecule has 3 aromatic rings. The second-order valence-corrected chi connectivity index (χ2v) is 9.39. The quantitative estimate of drug-likeness (QED) is 0.469. The van der Waals surface area contributed by atoms with Crippen molar-refractivity contribution in [3.05, 3.63) is 90.0 Å². The third kappa shape index (κ3) is 4.09. The average Bonchev–Trinajstić information content (AvgIpc) is 2.68. The van der Waals surface area contributed by atoms with Gasteiger partial charge in [-0.3, -0.25) is 4.79 Å². The summed E-state index contributed by atoms with van der Waals surface area (Å²) in [5, 5.41) is 0. The predicted octanol–water partition coefficient (Wildman–Crippen LogP) is 6.84. The van der Waals surface area contributed by atoms with Crippen LogP contribution in [0.4, 0.5) is 0 Å². The molecule has 3 rings (SSSR count). The number of hydrogen-bond acceptors (Lipinski definition) is 2. The minimum Gasteiger partial charge on any atom is -0.402 e. The monoisotopic (exact) mass is 378 g/mol. The van der Waals surface area contributed by atoms with Gasteiger partial charge < -0.3 is 4.18 Å². The molecule has 0 unspecified atom stereocenters. The zero-order chi connectivity index (χ0) is 19.3. The van der Waals surface area contributed by atoms with Gasteiger partial charge in [-0.15, -0.1) is 0 Å². The number of benzene rings is 3. The first kappa shape index (κ1) is 19.2. The van der Waals surface area contributed by atoms with Gasteiger partial charge in [0.2, 0.25) is 0 Å². The summed E-state index contributed by atoms with van der Waals surface area (Å²) in [6, 6.07) is 26.9. The van der Waals surface area contributed by atoms with Gasteiger partial charge >= 0.3 is 5.97 Å². The molecule has 0 aliphatic heterocycles. The second kappa shape index (κ2) is 8.45. The van der Waals surface area contributed by atoms with Crippen LogP contribution in [0.3, 0.4) is 0 Å². The van der Waals surface area contributed by atoms with Crippen molar-refractivity contribution in [3.8, 4) is 0 Å². The van der Waals surface area contributed by atoms with Crippen molar-refractivity contribution in [2.24, 2.45) is 0 Å². The van der Waals surface area contributed by atoms with Crippen LogP contribution in [0.25, 0.3) is 0 Å². The summed E-state index contributed by atoms with van der Waals surface area (Å²) in [5.41, 5.74) is 2.37. The molecule has 0 bridgehead atoms. The van der Waals surface area contributed by atoms with Crippen LogP contribution in [0, 0.1) is 13.8 Å². The van der Waals surface area contributed by atoms with Gasteiger partial charge in [-0.1, -0.05) is 60.5 Å². The number of carbonyl (C=O) groups excluding carboxylic acids is 1. The van der Waals surface area contributed by atoms with Gasteiger partial charge in [0, 0.05) is 21.1 Å². The lowest BCUT2D eigenvalue weighted by Gasteiger charge is -2.40. The number of hydrogen-bond donors (Lipinski definition) is 0. The molecule has 3 heteroatoms. The van der Waals surface area contributed by atoms with Gasteiger partial charge in [0.15, 0.2) is 0 Å². The molecule has 0 fully saturated rings. The summed E-state index contributed by atoms with van der Waals surface area (Å²) in [7, 11) is -2.14. The molecule has 0 radical (unpaired) electrons. The standard InChI is InChI=1S/C24H26O2S/c1-4-8-24(25)26-27(21-9-6-5-7-10-21,22-15-11-19(2)12-16-22)23-17-13-20(3)14-18-23/h5-7,9-18H,4,8H2,1-3H3. The number of aryl methyl sites for hydroxylation is 2. The Labute approximate surface area is 163 Å². The van der Waals surface area contributed by atoms with E-state index in [2.05, 4.69) is 74.5 Å². The van der Waals surface area contributed by atoms with Gasteiger partial charge in [0.05, 0.1) is 0 Å². The van der Waals surface area contributed by atoms with Gasteiger partial charge in [-0.05, 0) is 67.0 Å². The van der Waals surface area contributed by atoms with Crippen molar-refractivity contribution >= 4 is 16.3 Å². The van der Waals surface area contributed by atoms with Crippen LogP contribution in [0.1, 0.15) is 30.9 Å². The van der Waals surface area contributed by atoms with E-state index in [-0.39, 0.29) is 5.97 Å². The Hall–Kier alpha value is -2.52. The van der Waals surface area contributed by atoms with Gasteiger partial charge in [0.1, 0.15) is 0 Å². The Bertz CT molecular complexity index is 838. The van der Waals surface area contributed by atoms with E-state index in [0.29, 0.717) is 6.42 Å². The Balaban J connectivity index is 2.28. The van der Waals surface area contributed by atoms with Crippen LogP contribution in [0.5, 0.6) is 0 Å². The highest BCUT2D eigenvalue weighted by molar-refractivity contribution is 8.30. The van der Waals surface area contributed by atoms with Crippen LogP contribution in [0.15, 0.2) is 93.5 Å². The molecule has 0 aromatic heterocycles. The van der Waals surface area contributed by atoms with E-state index in [4.69, 9.17) is 4.18 Å². The second-order valence-electron chi connectivity index (χ2n) is 6.70. The fraction of sp³-hybridized carbons (Fsp3) is 0.208. The molecular weight excluding hydrogens is 352 g/mol. The normalized spacial score (nSPS) is 11.8. The van der Waals surface area contributed by atoms with Crippen LogP contribution in [-0.2, 0) is 8.98 Å². The van der Waals surface area contributed by atoms with Crippen molar-refractivity contribution in [2.45, 2.75) is 48.3 Å². The van der Waals surface area contributed by atoms with Crippen molar-refractivity contribution in [1.82, 2.24) is 0 Å². The summed E-state index contributed by atoms with van der Waals surface area (Å²) in [4.78, 5) is 15.8. The fourth-order valence-electron chi connectivity index (χ4n) is 3.01. The molecule has 0 saturated carbocycles. The molecule has 0 atom stereocenters. The van der Waals surface area contributed by atoms with Crippen molar-refractivity contribution in [1.29, 1.82) is 0 Å². The van der Waals surface area contributed by atoms with Crippen LogP contribution in [0.2, 0.25) is 0 Å². The van der Waals surface area contributed by atoms with Gasteiger partial charge in [-0.2, -0.15) is 0 Å². The molecular formula is C24H26O2S. The highest BCUT2D eigenvalue weighted by Crippen LogP contribution is 2.69. The van der Waals surface area contributed by atoms with Crippen LogP contribution < -0.4 is 0 Å². The summed E-state index contributed by atoms with van der Waals surface area (Å²) in [6.07, 6.45) is 1.18. The highest BCUT2D eigenvalue weighted by atomic mass is 32.3. The maximum Gasteiger partial charge on any atom is 0.317 e. The Morgan fingerprint density at radius 2 is 1.19 bits per heavy atom. The molecule has 0 saturated heterocycles. The Morgan fingerprint density at radius 3 is 1.63 bits per heavy atom. The third-order valence-electron chi connectivity index (χ3n) is 4.45. The molecule has 3 aromatic carbocycles. The molecule has 0 N–H and O–H groups in total. The fourth-order valence-corrected chi connectivity index (χ4v) is 6.06. The smallest absolute Gasteiger partial charge is 0.317 e. The Kier molecular flexibility index (Phi) is 6.02. The lowest BCUT2D eigenvalue weighted by Crippen LogP contribution is -2.13. The SMILES string of the molecule is CCCC(=O)OS(c1ccccc1)(c1ccc(C)cc1)c1ccc(C)cc1. The molecule has 27 heavy (non-hydrogen) atoms. The van der Waals surface area contributed by atoms with E-state index < -0.39 is 10.3 Å². The van der Waals surface area contributed by atoms with E-state index in [1.54, 1.807) is 0 Å². The molecule has 0 aliphatic carbocycles. The first-order valence-electron chi connectivity index (χ1n) is 9.30. The topological polar surface area (TPSA) is 26.3 Å². The summed E-state index contributed by atoms with van der Waals surface area (Å²) >= 11 is 0. The first-order chi connectivity index (χ1) is 13.1. The maximum atomic E-state index is 12.7. The van der Waals surface area contributed by atoms with Crippen LogP contribution >= 0.6 is 10.3 Å². The highest BCUT2D eigenvalue weighted by Gasteiger charge is 2.35. The first-order valence-corrected chi connectivity index (χ1v) is 10.9. The zero-order valence-corrected chi connectivity index (χ0v) is 17.0. The maximum absolute atomic E-state index is 12.7. The van der Waals surface area contributed by atoms with Gasteiger partial charge in [0.25, 0.3) is 0 Å². The largest absolute Gasteiger partial charge is 0.402 e. The minimum absolute atomic E-state index is 0.155. The average molecular weight is 379 g/mol. The summed E-state index contributed by atoms with van der Waals surface area (Å²) < 4.78 is 6.36. The Morgan fingerprint density at radius 1 is 0.741 bits per heavy atom. The van der Waals surface area contributed by atoms with E-state index in [1.165, 1.54) is 11.1 Å². The van der Waals surface area contributed by atoms with E-state index in [0.717, 1.165) is 21.1 Å². The van der Waals surface area contributed by atoms with E-state index in [1.807, 2.05) is 25.1 Å². The lowest BCUT2D eigenvalue weighted by atomic mass is 10.2. The third-order valence-corrected chi connectivity index (χ3v) is 7.70. The lowest BCUT2D eigenvalue weighted by molar-refractivity contribution is -0.133. The van der Waals surface area contributed by atoms with Crippen molar-refractivity contribution in [3.63, 3.8) is 0 Å². The predicted molar refractivity (Wildman–Crippen MR) is 112 cm³/mol. The van der Waals surface area contributed by atoms with E-state index in [9.17, 15) is 4.79 Å². The summed E-state index contributed by atoms with van der Waals surface area (Å²) in [5.74, 6) is -0.155. The van der Waals surface area contributed by atoms with E-state index >= 15 is 0 Å². The molecule has 0 amide bonds. The zero-order valence-electron chi connectivity index (χ0n) is 16.1. The molecule has 0 heterocycles. The molecule has 0 spiro atoms.